The number of phenols is 1. The molecular weight excluding hydrogens is 1260 g/mol. The first kappa shape index (κ1) is 77.2. The molecule has 3 aliphatic rings. The normalized spacial score (nSPS) is 26.5. The van der Waals surface area contributed by atoms with E-state index < -0.39 is 225 Å². The maximum absolute atomic E-state index is 15.0. The van der Waals surface area contributed by atoms with Crippen LogP contribution in [0, 0.1) is 0 Å². The number of aromatic nitrogens is 2. The van der Waals surface area contributed by atoms with E-state index in [0.717, 1.165) is 58.0 Å². The SMILES string of the molecule is C/C=C1\NC(=O)[C@@H]2Cc3ccc(O)c(c3)-c3nc[nH]c3C[C@H](NC(=O)[C@@H](CCC(N)=O)NC(=O)CNC(=O)C([C@@H](O)CC(N)=O)NC1=O)C(=O)N[C@@H](C)[C@H](NC(=O)/C(=C\C)NC(=O)[C@@H](O)[C@@H](/C=C/C=C/CCCCCC)OC1OC[C@@H](O)[C@H](O)[C@@H]1O)C(=O)N[C@H](C(C)O)C(=O)N2. The molecule has 2 aromatic rings. The quantitative estimate of drug-likeness (QED) is 0.0314. The molecule has 3 unspecified atom stereocenters. The third-order valence-corrected chi connectivity index (χ3v) is 15.4. The van der Waals surface area contributed by atoms with Crippen molar-refractivity contribution in [1.82, 2.24) is 63.1 Å². The number of imidazole rings is 1. The lowest BCUT2D eigenvalue weighted by atomic mass is 9.97. The third kappa shape index (κ3) is 22.3. The molecule has 22 N–H and O–H groups in total. The molecule has 1 aromatic carbocycles. The number of benzene rings is 1. The number of aromatic amines is 1. The molecule has 15 atom stereocenters. The highest BCUT2D eigenvalue weighted by Crippen LogP contribution is 2.32. The van der Waals surface area contributed by atoms with Gasteiger partial charge in [0, 0.05) is 30.5 Å². The number of primary amides is 2. The van der Waals surface area contributed by atoms with Crippen LogP contribution in [0.1, 0.15) is 97.2 Å². The Morgan fingerprint density at radius 2 is 1.52 bits per heavy atom. The monoisotopic (exact) mass is 1350 g/mol. The lowest BCUT2D eigenvalue weighted by Crippen LogP contribution is -2.64. The maximum atomic E-state index is 15.0. The number of aromatic hydroxyl groups is 1. The van der Waals surface area contributed by atoms with Gasteiger partial charge in [-0.3, -0.25) is 57.5 Å². The zero-order chi connectivity index (χ0) is 71.1. The molecule has 1 fully saturated rings. The number of ether oxygens (including phenoxy) is 2. The van der Waals surface area contributed by atoms with Crippen LogP contribution in [0.15, 0.2) is 72.4 Å². The van der Waals surface area contributed by atoms with Gasteiger partial charge in [0.1, 0.15) is 77.8 Å². The topological polar surface area (TPSA) is 566 Å². The van der Waals surface area contributed by atoms with Gasteiger partial charge in [-0.15, -0.1) is 0 Å². The van der Waals surface area contributed by atoms with Crippen molar-refractivity contribution in [2.75, 3.05) is 13.2 Å². The minimum atomic E-state index is -2.25. The molecule has 0 spiro atoms. The number of unbranched alkanes of at least 4 members (excludes halogenated alkanes) is 4. The molecule has 1 aromatic heterocycles. The lowest BCUT2D eigenvalue weighted by Gasteiger charge is -2.36. The van der Waals surface area contributed by atoms with Crippen molar-refractivity contribution >= 4 is 70.9 Å². The van der Waals surface area contributed by atoms with Crippen LogP contribution in [-0.4, -0.2) is 221 Å². The Morgan fingerprint density at radius 3 is 2.19 bits per heavy atom. The highest BCUT2D eigenvalue weighted by atomic mass is 16.7. The van der Waals surface area contributed by atoms with Crippen molar-refractivity contribution in [3.63, 3.8) is 0 Å². The molecule has 35 heteroatoms. The highest BCUT2D eigenvalue weighted by Gasteiger charge is 2.43. The number of rotatable bonds is 21. The number of nitrogens with one attached hydrogen (secondary N) is 11. The Hall–Kier alpha value is -9.49. The van der Waals surface area contributed by atoms with Crippen LogP contribution in [0.25, 0.3) is 11.3 Å². The number of nitrogens with two attached hydrogens (primary N) is 2. The number of aliphatic hydroxyl groups excluding tert-OH is 6. The summed E-state index contributed by atoms with van der Waals surface area (Å²) in [7, 11) is 0. The smallest absolute Gasteiger partial charge is 0.268 e. The van der Waals surface area contributed by atoms with Crippen LogP contribution >= 0.6 is 0 Å². The molecule has 3 aliphatic heterocycles. The van der Waals surface area contributed by atoms with Gasteiger partial charge in [0.15, 0.2) is 12.4 Å². The predicted octanol–water partition coefficient (Wildman–Crippen LogP) is -6.39. The van der Waals surface area contributed by atoms with Gasteiger partial charge in [-0.1, -0.05) is 68.7 Å². The molecule has 4 bridgehead atoms. The summed E-state index contributed by atoms with van der Waals surface area (Å²) in [5.74, 6) is -15.2. The van der Waals surface area contributed by atoms with Crippen LogP contribution in [0.4, 0.5) is 0 Å². The Labute approximate surface area is 550 Å². The first-order valence-electron chi connectivity index (χ1n) is 30.9. The van der Waals surface area contributed by atoms with Gasteiger partial charge in [-0.05, 0) is 64.7 Å². The fourth-order valence-electron chi connectivity index (χ4n) is 10.1. The predicted molar refractivity (Wildman–Crippen MR) is 335 cm³/mol. The van der Waals surface area contributed by atoms with Gasteiger partial charge in [-0.25, -0.2) is 4.98 Å². The van der Waals surface area contributed by atoms with Crippen molar-refractivity contribution in [3.05, 3.63) is 83.6 Å². The number of hydrogen-bond acceptors (Lipinski definition) is 22. The van der Waals surface area contributed by atoms with Crippen LogP contribution in [0.3, 0.4) is 0 Å². The van der Waals surface area contributed by atoms with Gasteiger partial charge in [0.05, 0.1) is 49.8 Å². The average molecular weight is 1350 g/mol. The minimum absolute atomic E-state index is 0.00386. The first-order valence-corrected chi connectivity index (χ1v) is 30.9. The summed E-state index contributed by atoms with van der Waals surface area (Å²) in [4.78, 5) is 175. The standard InChI is InChI=1S/C61H86N14O21/c1-6-9-10-11-12-13-14-15-16-41(96-61-51(85)49(83)40(79)26-95-61)50(84)60(94)70-33(8-3)52(86)73-45-28(4)67-55(89)37-23-35-47(66-27-65-35)31-21-30(17-19-38(31)77)22-36(72-59(93)46(29(5)76)74-58(45)92)56(90)69-32(7-2)53(87)75-48(39(78)24-43(63)81)57(91)64-25-44(82)68-34(54(88)71-37)18-20-42(62)80/h7-8,13-17,19,21,27-29,34,36-37,39-41,45-46,48-51,61,76-79,83-85H,6,9-12,18,20,22-26H2,1-5H3,(H2,62,80)(H2,63,81)(H,64,91)(H,65,66)(H,67,89)(H,68,82)(H,69,90)(H,70,94)(H,71,88)(H,72,93)(H,73,86)(H,74,92)(H,75,87)/b14-13+,16-15+,32-7-,33-8+/t28-,29?,34+,36-,37-,39-,40+,41+,45-,46+,48?,49-,50-,51-,61?/m0/s1. The molecule has 5 rings (SSSR count). The van der Waals surface area contributed by atoms with Crippen molar-refractivity contribution in [3.8, 4) is 17.0 Å². The second-order valence-corrected chi connectivity index (χ2v) is 23.0. The zero-order valence-electron chi connectivity index (χ0n) is 53.4. The number of hydrogen-bond donors (Lipinski definition) is 20. The van der Waals surface area contributed by atoms with Crippen LogP contribution in [0.2, 0.25) is 0 Å². The minimum Gasteiger partial charge on any atom is -0.507 e. The average Bonchev–Trinajstić information content (AvgIpc) is 1.42. The second-order valence-electron chi connectivity index (χ2n) is 23.0. The number of allylic oxidation sites excluding steroid dienone is 5. The summed E-state index contributed by atoms with van der Waals surface area (Å²) in [6.07, 6.45) is -4.22. The highest BCUT2D eigenvalue weighted by molar-refractivity contribution is 6.04. The summed E-state index contributed by atoms with van der Waals surface area (Å²) >= 11 is 0. The van der Waals surface area contributed by atoms with Crippen LogP contribution < -0.4 is 64.6 Å². The molecule has 35 nitrogen and oxygen atoms in total. The van der Waals surface area contributed by atoms with E-state index in [9.17, 15) is 93.3 Å². The van der Waals surface area contributed by atoms with Crippen molar-refractivity contribution in [2.45, 2.75) is 190 Å². The first-order chi connectivity index (χ1) is 45.5. The van der Waals surface area contributed by atoms with E-state index in [2.05, 4.69) is 70.1 Å². The summed E-state index contributed by atoms with van der Waals surface area (Å²) in [5.41, 5.74) is 9.40. The summed E-state index contributed by atoms with van der Waals surface area (Å²) in [6.45, 7) is 5.22. The molecule has 0 saturated carbocycles. The van der Waals surface area contributed by atoms with Gasteiger partial charge >= 0.3 is 0 Å². The van der Waals surface area contributed by atoms with E-state index in [0.29, 0.717) is 6.42 Å². The molecule has 12 amide bonds. The summed E-state index contributed by atoms with van der Waals surface area (Å²) in [6, 6.07) is -9.64. The molecule has 4 heterocycles. The third-order valence-electron chi connectivity index (χ3n) is 15.4. The van der Waals surface area contributed by atoms with E-state index >= 15 is 0 Å². The van der Waals surface area contributed by atoms with Crippen LogP contribution in [0.5, 0.6) is 5.75 Å². The van der Waals surface area contributed by atoms with Gasteiger partial charge < -0.3 is 115 Å². The van der Waals surface area contributed by atoms with Crippen molar-refractivity contribution < 1.29 is 103 Å². The number of carbonyl (C=O) groups excluding carboxylic acids is 12. The van der Waals surface area contributed by atoms with E-state index in [1.54, 1.807) is 6.08 Å². The van der Waals surface area contributed by atoms with Crippen LogP contribution in [-0.2, 0) is 79.8 Å². The van der Waals surface area contributed by atoms with E-state index in [4.69, 9.17) is 20.9 Å². The lowest BCUT2D eigenvalue weighted by molar-refractivity contribution is -0.283. The maximum Gasteiger partial charge on any atom is 0.268 e. The number of carbonyl (C=O) groups is 12. The van der Waals surface area contributed by atoms with E-state index in [-0.39, 0.29) is 22.5 Å². The van der Waals surface area contributed by atoms with Crippen molar-refractivity contribution in [1.29, 1.82) is 0 Å². The van der Waals surface area contributed by atoms with Gasteiger partial charge in [-0.2, -0.15) is 0 Å². The number of phenolic OH excluding ortho intramolecular Hbond substituents is 1. The Bertz CT molecular complexity index is 3280. The molecule has 96 heavy (non-hydrogen) atoms. The fourth-order valence-corrected chi connectivity index (χ4v) is 10.1. The number of aliphatic hydroxyl groups is 6. The Kier molecular flexibility index (Phi) is 29.7. The number of nitrogens with zero attached hydrogens (tertiary/aromatic N) is 1. The summed E-state index contributed by atoms with van der Waals surface area (Å²) < 4.78 is 11.1. The van der Waals surface area contributed by atoms with Crippen molar-refractivity contribution in [2.24, 2.45) is 11.5 Å². The number of amides is 12. The number of fused-ring (bicyclic) bond motifs is 2. The molecule has 0 aliphatic carbocycles. The molecule has 1 saturated heterocycles. The van der Waals surface area contributed by atoms with Gasteiger partial charge in [0.2, 0.25) is 53.2 Å². The fraction of sp³-hybridized carbons (Fsp3) is 0.525. The molecular formula is C61H86N14O21. The molecule has 0 radical (unpaired) electrons. The van der Waals surface area contributed by atoms with Gasteiger partial charge in [0.25, 0.3) is 17.7 Å². The molecule has 526 valence electrons. The summed E-state index contributed by atoms with van der Waals surface area (Å²) in [5, 5.41) is 99.6. The largest absolute Gasteiger partial charge is 0.507 e. The second kappa shape index (κ2) is 37.0. The Balaban J connectivity index is 1.64. The Morgan fingerprint density at radius 1 is 0.812 bits per heavy atom. The van der Waals surface area contributed by atoms with E-state index in [1.165, 1.54) is 44.2 Å². The number of H-pyrrole nitrogens is 1. The van der Waals surface area contributed by atoms with E-state index in [1.807, 2.05) is 6.08 Å². The zero-order valence-corrected chi connectivity index (χ0v) is 53.4.